The molecule has 1 aliphatic rings. The molecule has 1 atom stereocenters. The Balaban J connectivity index is 3.00. The number of Topliss-reactive ketones (excluding diaryl/α,β-unsaturated/α-hetero) is 1. The zero-order valence-corrected chi connectivity index (χ0v) is 8.95. The average molecular weight is 223 g/mol. The van der Waals surface area contributed by atoms with Crippen LogP contribution in [0.25, 0.3) is 0 Å². The van der Waals surface area contributed by atoms with Crippen molar-refractivity contribution in [1.82, 2.24) is 5.32 Å². The molecule has 15 heavy (non-hydrogen) atoms. The number of carbonyl (C=O) groups excluding carboxylic acids is 1. The molecule has 1 fully saturated rings. The van der Waals surface area contributed by atoms with Crippen molar-refractivity contribution in [3.63, 3.8) is 0 Å². The first-order chi connectivity index (χ1) is 6.81. The fraction of sp³-hybridized carbons (Fsp3) is 0.900. The van der Waals surface area contributed by atoms with Gasteiger partial charge in [-0.25, -0.2) is 0 Å². The molecule has 1 unspecified atom stereocenters. The van der Waals surface area contributed by atoms with Gasteiger partial charge in [0.15, 0.2) is 5.78 Å². The second-order valence-corrected chi connectivity index (χ2v) is 4.38. The quantitative estimate of drug-likeness (QED) is 0.777. The molecule has 0 aliphatic carbocycles. The highest BCUT2D eigenvalue weighted by atomic mass is 19.4. The molecule has 1 aliphatic heterocycles. The van der Waals surface area contributed by atoms with Gasteiger partial charge in [-0.1, -0.05) is 13.8 Å². The lowest BCUT2D eigenvalue weighted by atomic mass is 9.73. The maximum absolute atomic E-state index is 12.9. The SMILES string of the molecule is CC(C)C(=O)C1(C(F)(F)F)CCCNC1. The molecule has 0 bridgehead atoms. The molecule has 2 nitrogen and oxygen atoms in total. The Morgan fingerprint density at radius 3 is 2.33 bits per heavy atom. The van der Waals surface area contributed by atoms with Gasteiger partial charge in [0.2, 0.25) is 0 Å². The summed E-state index contributed by atoms with van der Waals surface area (Å²) in [7, 11) is 0. The lowest BCUT2D eigenvalue weighted by Crippen LogP contribution is -2.55. The molecule has 0 aromatic rings. The number of halogens is 3. The molecule has 0 spiro atoms. The van der Waals surface area contributed by atoms with E-state index in [0.29, 0.717) is 13.0 Å². The molecule has 88 valence electrons. The number of nitrogens with one attached hydrogen (secondary N) is 1. The second-order valence-electron chi connectivity index (χ2n) is 4.38. The molecular formula is C10H16F3NO. The van der Waals surface area contributed by atoms with E-state index in [9.17, 15) is 18.0 Å². The van der Waals surface area contributed by atoms with Crippen LogP contribution in [-0.4, -0.2) is 25.0 Å². The normalized spacial score (nSPS) is 28.1. The van der Waals surface area contributed by atoms with Gasteiger partial charge in [-0.3, -0.25) is 4.79 Å². The summed E-state index contributed by atoms with van der Waals surface area (Å²) < 4.78 is 38.8. The van der Waals surface area contributed by atoms with Crippen molar-refractivity contribution in [1.29, 1.82) is 0 Å². The summed E-state index contributed by atoms with van der Waals surface area (Å²) in [5, 5.41) is 2.68. The molecule has 0 saturated carbocycles. The third-order valence-electron chi connectivity index (χ3n) is 2.92. The van der Waals surface area contributed by atoms with Crippen LogP contribution < -0.4 is 5.32 Å². The highest BCUT2D eigenvalue weighted by Gasteiger charge is 2.59. The van der Waals surface area contributed by atoms with Crippen LogP contribution in [0.1, 0.15) is 26.7 Å². The van der Waals surface area contributed by atoms with Crippen LogP contribution in [0.5, 0.6) is 0 Å². The van der Waals surface area contributed by atoms with Crippen LogP contribution in [0, 0.1) is 11.3 Å². The largest absolute Gasteiger partial charge is 0.402 e. The minimum atomic E-state index is -4.44. The highest BCUT2D eigenvalue weighted by Crippen LogP contribution is 2.45. The van der Waals surface area contributed by atoms with Gasteiger partial charge < -0.3 is 5.32 Å². The Morgan fingerprint density at radius 2 is 2.00 bits per heavy atom. The van der Waals surface area contributed by atoms with Crippen molar-refractivity contribution >= 4 is 5.78 Å². The number of hydrogen-bond acceptors (Lipinski definition) is 2. The van der Waals surface area contributed by atoms with Crippen molar-refractivity contribution in [2.75, 3.05) is 13.1 Å². The number of piperidine rings is 1. The van der Waals surface area contributed by atoms with Crippen LogP contribution in [0.15, 0.2) is 0 Å². The van der Waals surface area contributed by atoms with Crippen LogP contribution in [-0.2, 0) is 4.79 Å². The smallest absolute Gasteiger partial charge is 0.315 e. The number of hydrogen-bond donors (Lipinski definition) is 1. The summed E-state index contributed by atoms with van der Waals surface area (Å²) in [6.07, 6.45) is -4.12. The van der Waals surface area contributed by atoms with Gasteiger partial charge in [-0.15, -0.1) is 0 Å². The first-order valence-corrected chi connectivity index (χ1v) is 5.13. The summed E-state index contributed by atoms with van der Waals surface area (Å²) in [6.45, 7) is 3.32. The Hall–Kier alpha value is -0.580. The molecule has 0 aromatic heterocycles. The lowest BCUT2D eigenvalue weighted by Gasteiger charge is -2.38. The number of rotatable bonds is 2. The van der Waals surface area contributed by atoms with E-state index in [1.807, 2.05) is 0 Å². The van der Waals surface area contributed by atoms with Gasteiger partial charge in [0.05, 0.1) is 0 Å². The van der Waals surface area contributed by atoms with E-state index in [1.165, 1.54) is 13.8 Å². The third-order valence-corrected chi connectivity index (χ3v) is 2.92. The molecule has 1 rings (SSSR count). The zero-order valence-electron chi connectivity index (χ0n) is 8.95. The molecular weight excluding hydrogens is 207 g/mol. The minimum absolute atomic E-state index is 0.0828. The second kappa shape index (κ2) is 4.12. The van der Waals surface area contributed by atoms with Gasteiger partial charge in [0.1, 0.15) is 5.41 Å². The van der Waals surface area contributed by atoms with E-state index in [0.717, 1.165) is 0 Å². The number of carbonyl (C=O) groups is 1. The van der Waals surface area contributed by atoms with E-state index in [1.54, 1.807) is 0 Å². The van der Waals surface area contributed by atoms with Gasteiger partial charge in [0, 0.05) is 12.5 Å². The van der Waals surface area contributed by atoms with E-state index in [-0.39, 0.29) is 13.0 Å². The summed E-state index contributed by atoms with van der Waals surface area (Å²) in [4.78, 5) is 11.7. The van der Waals surface area contributed by atoms with Gasteiger partial charge in [-0.05, 0) is 19.4 Å². The van der Waals surface area contributed by atoms with Crippen molar-refractivity contribution in [2.45, 2.75) is 32.9 Å². The Bertz CT molecular complexity index is 242. The van der Waals surface area contributed by atoms with Crippen LogP contribution in [0.3, 0.4) is 0 Å². The molecule has 5 heteroatoms. The van der Waals surface area contributed by atoms with Crippen molar-refractivity contribution in [3.8, 4) is 0 Å². The fourth-order valence-corrected chi connectivity index (χ4v) is 2.05. The van der Waals surface area contributed by atoms with Gasteiger partial charge in [0.25, 0.3) is 0 Å². The van der Waals surface area contributed by atoms with Crippen molar-refractivity contribution in [3.05, 3.63) is 0 Å². The molecule has 1 heterocycles. The first kappa shape index (κ1) is 12.5. The lowest BCUT2D eigenvalue weighted by molar-refractivity contribution is -0.226. The maximum atomic E-state index is 12.9. The molecule has 0 amide bonds. The Kier molecular flexibility index (Phi) is 3.43. The summed E-state index contributed by atoms with van der Waals surface area (Å²) in [5.41, 5.74) is -2.15. The predicted octanol–water partition coefficient (Wildman–Crippen LogP) is 2.14. The van der Waals surface area contributed by atoms with Crippen LogP contribution in [0.4, 0.5) is 13.2 Å². The summed E-state index contributed by atoms with van der Waals surface area (Å²) in [5.74, 6) is -1.27. The fourth-order valence-electron chi connectivity index (χ4n) is 2.05. The monoisotopic (exact) mass is 223 g/mol. The third kappa shape index (κ3) is 2.17. The molecule has 0 aromatic carbocycles. The molecule has 1 saturated heterocycles. The van der Waals surface area contributed by atoms with E-state index < -0.39 is 23.3 Å². The number of alkyl halides is 3. The number of ketones is 1. The standard InChI is InChI=1S/C10H16F3NO/c1-7(2)8(15)9(10(11,12)13)4-3-5-14-6-9/h7,14H,3-6H2,1-2H3. The topological polar surface area (TPSA) is 29.1 Å². The van der Waals surface area contributed by atoms with Gasteiger partial charge in [-0.2, -0.15) is 13.2 Å². The molecule has 0 radical (unpaired) electrons. The first-order valence-electron chi connectivity index (χ1n) is 5.13. The predicted molar refractivity (Wildman–Crippen MR) is 50.4 cm³/mol. The highest BCUT2D eigenvalue weighted by molar-refractivity contribution is 5.87. The zero-order chi connectivity index (χ0) is 11.7. The minimum Gasteiger partial charge on any atom is -0.315 e. The van der Waals surface area contributed by atoms with Crippen molar-refractivity contribution in [2.24, 2.45) is 11.3 Å². The Morgan fingerprint density at radius 1 is 1.40 bits per heavy atom. The van der Waals surface area contributed by atoms with Gasteiger partial charge >= 0.3 is 6.18 Å². The average Bonchev–Trinajstić information content (AvgIpc) is 2.16. The van der Waals surface area contributed by atoms with Crippen molar-refractivity contribution < 1.29 is 18.0 Å². The Labute approximate surface area is 87.2 Å². The maximum Gasteiger partial charge on any atom is 0.402 e. The van der Waals surface area contributed by atoms with E-state index in [2.05, 4.69) is 5.32 Å². The molecule has 1 N–H and O–H groups in total. The van der Waals surface area contributed by atoms with E-state index in [4.69, 9.17) is 0 Å². The van der Waals surface area contributed by atoms with E-state index >= 15 is 0 Å². The van der Waals surface area contributed by atoms with Crippen LogP contribution in [0.2, 0.25) is 0 Å². The summed E-state index contributed by atoms with van der Waals surface area (Å²) in [6, 6.07) is 0. The summed E-state index contributed by atoms with van der Waals surface area (Å²) >= 11 is 0. The van der Waals surface area contributed by atoms with Crippen LogP contribution >= 0.6 is 0 Å².